The van der Waals surface area contributed by atoms with Crippen molar-refractivity contribution in [3.63, 3.8) is 0 Å². The van der Waals surface area contributed by atoms with E-state index >= 15 is 0 Å². The Kier molecular flexibility index (Phi) is 6.11. The minimum Gasteiger partial charge on any atom is -0.493 e. The normalized spacial score (nSPS) is 19.2. The summed E-state index contributed by atoms with van der Waals surface area (Å²) in [4.78, 5) is 13.0. The van der Waals surface area contributed by atoms with Crippen molar-refractivity contribution in [2.45, 2.75) is 11.4 Å². The number of hydrogen-bond acceptors (Lipinski definition) is 6. The second kappa shape index (κ2) is 8.33. The van der Waals surface area contributed by atoms with Gasteiger partial charge in [0.1, 0.15) is 0 Å². The molecule has 138 valence electrons. The number of Topliss-reactive ketones (excluding diaryl/α,β-unsaturated/α-hetero) is 1. The van der Waals surface area contributed by atoms with Crippen molar-refractivity contribution in [2.24, 2.45) is 0 Å². The van der Waals surface area contributed by atoms with Crippen LogP contribution in [0.3, 0.4) is 0 Å². The van der Waals surface area contributed by atoms with Crippen LogP contribution in [0.25, 0.3) is 0 Å². The van der Waals surface area contributed by atoms with E-state index in [9.17, 15) is 4.79 Å². The summed E-state index contributed by atoms with van der Waals surface area (Å²) in [5.74, 6) is 2.15. The molecule has 0 saturated carbocycles. The van der Waals surface area contributed by atoms with Crippen LogP contribution in [0.2, 0.25) is 0 Å². The number of thioether (sulfide) groups is 1. The van der Waals surface area contributed by atoms with Gasteiger partial charge in [-0.1, -0.05) is 28.1 Å². The third kappa shape index (κ3) is 3.84. The zero-order valence-electron chi connectivity index (χ0n) is 14.7. The number of methoxy groups -OCH3 is 3. The number of nitrogens with one attached hydrogen (secondary N) is 1. The molecule has 0 aromatic heterocycles. The molecule has 1 aliphatic heterocycles. The van der Waals surface area contributed by atoms with Crippen molar-refractivity contribution in [3.05, 3.63) is 52.0 Å². The number of rotatable bonds is 6. The lowest BCUT2D eigenvalue weighted by Crippen LogP contribution is -2.34. The van der Waals surface area contributed by atoms with Crippen LogP contribution < -0.4 is 19.5 Å². The number of carbonyl (C=O) groups excluding carboxylic acids is 1. The van der Waals surface area contributed by atoms with Gasteiger partial charge in [0.2, 0.25) is 5.75 Å². The number of ketones is 1. The van der Waals surface area contributed by atoms with Crippen LogP contribution in [-0.4, -0.2) is 38.9 Å². The summed E-state index contributed by atoms with van der Waals surface area (Å²) >= 11 is 5.17. The number of carbonyl (C=O) groups is 1. The van der Waals surface area contributed by atoms with Crippen molar-refractivity contribution in [1.82, 2.24) is 5.32 Å². The van der Waals surface area contributed by atoms with Crippen LogP contribution in [0, 0.1) is 0 Å². The molecule has 2 unspecified atom stereocenters. The van der Waals surface area contributed by atoms with Crippen LogP contribution in [0.15, 0.2) is 40.9 Å². The van der Waals surface area contributed by atoms with Crippen molar-refractivity contribution in [2.75, 3.05) is 27.1 Å². The molecule has 0 aliphatic carbocycles. The molecule has 2 atom stereocenters. The van der Waals surface area contributed by atoms with Crippen molar-refractivity contribution >= 4 is 33.5 Å². The first-order valence-corrected chi connectivity index (χ1v) is 9.89. The molecule has 1 heterocycles. The van der Waals surface area contributed by atoms with Gasteiger partial charge in [-0.3, -0.25) is 10.1 Å². The van der Waals surface area contributed by atoms with Crippen molar-refractivity contribution in [3.8, 4) is 17.2 Å². The highest BCUT2D eigenvalue weighted by atomic mass is 79.9. The first-order chi connectivity index (χ1) is 12.6. The van der Waals surface area contributed by atoms with Crippen LogP contribution in [-0.2, 0) is 0 Å². The molecule has 2 aromatic carbocycles. The number of ether oxygens (including phenoxy) is 3. The van der Waals surface area contributed by atoms with Gasteiger partial charge in [0, 0.05) is 15.8 Å². The maximum Gasteiger partial charge on any atom is 0.203 e. The highest BCUT2D eigenvalue weighted by Gasteiger charge is 2.32. The van der Waals surface area contributed by atoms with E-state index in [1.807, 2.05) is 12.1 Å². The average Bonchev–Trinajstić information content (AvgIpc) is 3.16. The van der Waals surface area contributed by atoms with Gasteiger partial charge in [-0.05, 0) is 29.8 Å². The third-order valence-electron chi connectivity index (χ3n) is 4.22. The molecule has 1 fully saturated rings. The van der Waals surface area contributed by atoms with Gasteiger partial charge >= 0.3 is 0 Å². The predicted octanol–water partition coefficient (Wildman–Crippen LogP) is 4.06. The first kappa shape index (κ1) is 19.1. The molecule has 2 aromatic rings. The lowest BCUT2D eigenvalue weighted by Gasteiger charge is -2.16. The SMILES string of the molecule is COc1cc(C(=O)C2CSC(c3ccc(Br)cc3)N2)cc(OC)c1OC. The molecule has 3 rings (SSSR count). The summed E-state index contributed by atoms with van der Waals surface area (Å²) < 4.78 is 17.0. The monoisotopic (exact) mass is 437 g/mol. The second-order valence-corrected chi connectivity index (χ2v) is 7.82. The van der Waals surface area contributed by atoms with Crippen molar-refractivity contribution in [1.29, 1.82) is 0 Å². The van der Waals surface area contributed by atoms with Gasteiger partial charge in [-0.2, -0.15) is 0 Å². The molecule has 0 amide bonds. The smallest absolute Gasteiger partial charge is 0.203 e. The zero-order chi connectivity index (χ0) is 18.7. The van der Waals surface area contributed by atoms with E-state index in [-0.39, 0.29) is 17.2 Å². The average molecular weight is 438 g/mol. The molecule has 1 aliphatic rings. The number of halogens is 1. The summed E-state index contributed by atoms with van der Waals surface area (Å²) in [7, 11) is 4.62. The molecular weight excluding hydrogens is 418 g/mol. The Morgan fingerprint density at radius 1 is 1.08 bits per heavy atom. The van der Waals surface area contributed by atoms with E-state index < -0.39 is 0 Å². The predicted molar refractivity (Wildman–Crippen MR) is 107 cm³/mol. The Balaban J connectivity index is 1.80. The maximum atomic E-state index is 13.0. The van der Waals surface area contributed by atoms with Gasteiger partial charge < -0.3 is 14.2 Å². The standard InChI is InChI=1S/C19H20BrNO4S/c1-23-15-8-12(9-16(24-2)18(15)25-3)17(22)14-10-26-19(21-14)11-4-6-13(20)7-5-11/h4-9,14,19,21H,10H2,1-3H3. The van der Waals surface area contributed by atoms with Crippen LogP contribution >= 0.6 is 27.7 Å². The summed E-state index contributed by atoms with van der Waals surface area (Å²) in [6.07, 6.45) is 0. The van der Waals surface area contributed by atoms with Crippen LogP contribution in [0.4, 0.5) is 0 Å². The van der Waals surface area contributed by atoms with Crippen LogP contribution in [0.1, 0.15) is 21.3 Å². The topological polar surface area (TPSA) is 56.8 Å². The molecule has 1 N–H and O–H groups in total. The second-order valence-electron chi connectivity index (χ2n) is 5.76. The van der Waals surface area contributed by atoms with Gasteiger partial charge in [0.05, 0.1) is 32.7 Å². The van der Waals surface area contributed by atoms with Crippen molar-refractivity contribution < 1.29 is 19.0 Å². The van der Waals surface area contributed by atoms with Gasteiger partial charge in [-0.25, -0.2) is 0 Å². The van der Waals surface area contributed by atoms with E-state index in [1.54, 1.807) is 45.2 Å². The lowest BCUT2D eigenvalue weighted by atomic mass is 10.0. The molecule has 7 heteroatoms. The first-order valence-electron chi connectivity index (χ1n) is 8.04. The summed E-state index contributed by atoms with van der Waals surface area (Å²) in [6.45, 7) is 0. The minimum atomic E-state index is -0.267. The molecule has 0 spiro atoms. The molecule has 0 radical (unpaired) electrons. The zero-order valence-corrected chi connectivity index (χ0v) is 17.1. The van der Waals surface area contributed by atoms with E-state index in [4.69, 9.17) is 14.2 Å². The Hall–Kier alpha value is -1.70. The summed E-state index contributed by atoms with van der Waals surface area (Å²) in [6, 6.07) is 11.3. The highest BCUT2D eigenvalue weighted by Crippen LogP contribution is 2.40. The maximum absolute atomic E-state index is 13.0. The van der Waals surface area contributed by atoms with E-state index in [0.717, 1.165) is 10.0 Å². The summed E-state index contributed by atoms with van der Waals surface area (Å²) in [5, 5.41) is 3.51. The molecule has 26 heavy (non-hydrogen) atoms. The number of benzene rings is 2. The molecule has 1 saturated heterocycles. The Morgan fingerprint density at radius 3 is 2.23 bits per heavy atom. The Bertz CT molecular complexity index is 772. The van der Waals surface area contributed by atoms with Crippen LogP contribution in [0.5, 0.6) is 17.2 Å². The Labute approximate surface area is 165 Å². The largest absolute Gasteiger partial charge is 0.493 e. The minimum absolute atomic E-state index is 0.0105. The molecule has 0 bridgehead atoms. The summed E-state index contributed by atoms with van der Waals surface area (Å²) in [5.41, 5.74) is 1.69. The number of hydrogen-bond donors (Lipinski definition) is 1. The van der Waals surface area contributed by atoms with Gasteiger partial charge in [-0.15, -0.1) is 11.8 Å². The van der Waals surface area contributed by atoms with E-state index in [1.165, 1.54) is 0 Å². The molecular formula is C19H20BrNO4S. The van der Waals surface area contributed by atoms with Gasteiger partial charge in [0.25, 0.3) is 0 Å². The fourth-order valence-electron chi connectivity index (χ4n) is 2.88. The molecule has 5 nitrogen and oxygen atoms in total. The fraction of sp³-hybridized carbons (Fsp3) is 0.316. The highest BCUT2D eigenvalue weighted by molar-refractivity contribution is 9.10. The third-order valence-corrected chi connectivity index (χ3v) is 6.02. The Morgan fingerprint density at radius 2 is 1.69 bits per heavy atom. The van der Waals surface area contributed by atoms with Gasteiger partial charge in [0.15, 0.2) is 17.3 Å². The fourth-order valence-corrected chi connectivity index (χ4v) is 4.38. The quantitative estimate of drug-likeness (QED) is 0.687. The van der Waals surface area contributed by atoms with E-state index in [2.05, 4.69) is 33.4 Å². The van der Waals surface area contributed by atoms with E-state index in [0.29, 0.717) is 28.6 Å². The lowest BCUT2D eigenvalue weighted by molar-refractivity contribution is 0.0955.